The van der Waals surface area contributed by atoms with Crippen LogP contribution in [0.25, 0.3) is 0 Å². The van der Waals surface area contributed by atoms with Crippen molar-refractivity contribution in [3.05, 3.63) is 59.7 Å². The number of hydrogen-bond acceptors (Lipinski definition) is 3. The second-order valence-electron chi connectivity index (χ2n) is 5.68. The maximum absolute atomic E-state index is 11.9. The first-order valence-electron chi connectivity index (χ1n) is 8.24. The van der Waals surface area contributed by atoms with Crippen LogP contribution in [0.15, 0.2) is 48.5 Å². The summed E-state index contributed by atoms with van der Waals surface area (Å²) in [4.78, 5) is 11.9. The minimum atomic E-state index is 0.0977. The largest absolute Gasteiger partial charge is 0.497 e. The first-order valence-corrected chi connectivity index (χ1v) is 8.24. The molecule has 4 heteroatoms. The van der Waals surface area contributed by atoms with Crippen molar-refractivity contribution in [2.24, 2.45) is 0 Å². The molecule has 2 aromatic rings. The molecule has 0 heterocycles. The fourth-order valence-corrected chi connectivity index (χ4v) is 2.44. The molecular weight excluding hydrogens is 302 g/mol. The van der Waals surface area contributed by atoms with Crippen LogP contribution >= 0.6 is 0 Å². The fraction of sp³-hybridized carbons (Fsp3) is 0.350. The van der Waals surface area contributed by atoms with Crippen molar-refractivity contribution in [1.29, 1.82) is 0 Å². The summed E-state index contributed by atoms with van der Waals surface area (Å²) in [7, 11) is 3.31. The minimum Gasteiger partial charge on any atom is -0.497 e. The Kier molecular flexibility index (Phi) is 7.15. The average Bonchev–Trinajstić information content (AvgIpc) is 2.64. The van der Waals surface area contributed by atoms with Gasteiger partial charge in [0.25, 0.3) is 0 Å². The number of nitrogens with one attached hydrogen (secondary N) is 1. The van der Waals surface area contributed by atoms with E-state index in [4.69, 9.17) is 9.47 Å². The van der Waals surface area contributed by atoms with Crippen LogP contribution in [-0.4, -0.2) is 20.1 Å². The third kappa shape index (κ3) is 5.95. The predicted molar refractivity (Wildman–Crippen MR) is 95.4 cm³/mol. The number of unbranched alkanes of at least 4 members (excludes halogenated alkanes) is 1. The molecule has 2 rings (SSSR count). The molecular formula is C20H25NO3. The highest BCUT2D eigenvalue weighted by atomic mass is 16.5. The summed E-state index contributed by atoms with van der Waals surface area (Å²) in [5.74, 6) is 1.79. The number of aryl methyl sites for hydroxylation is 1. The van der Waals surface area contributed by atoms with Crippen LogP contribution in [0.5, 0.6) is 11.5 Å². The molecule has 24 heavy (non-hydrogen) atoms. The van der Waals surface area contributed by atoms with Crippen molar-refractivity contribution >= 4 is 5.91 Å². The molecule has 0 fully saturated rings. The highest BCUT2D eigenvalue weighted by Gasteiger charge is 2.02. The van der Waals surface area contributed by atoms with Crippen LogP contribution in [0.2, 0.25) is 0 Å². The molecule has 0 unspecified atom stereocenters. The van der Waals surface area contributed by atoms with Gasteiger partial charge in [0.05, 0.1) is 14.2 Å². The predicted octanol–water partition coefficient (Wildman–Crippen LogP) is 3.73. The van der Waals surface area contributed by atoms with Gasteiger partial charge in [-0.3, -0.25) is 4.79 Å². The number of benzene rings is 2. The molecule has 0 saturated carbocycles. The Morgan fingerprint density at radius 3 is 1.92 bits per heavy atom. The quantitative estimate of drug-likeness (QED) is 0.714. The van der Waals surface area contributed by atoms with E-state index in [0.29, 0.717) is 13.0 Å². The van der Waals surface area contributed by atoms with Crippen molar-refractivity contribution < 1.29 is 14.3 Å². The fourth-order valence-electron chi connectivity index (χ4n) is 2.44. The van der Waals surface area contributed by atoms with E-state index < -0.39 is 0 Å². The number of amides is 1. The smallest absolute Gasteiger partial charge is 0.220 e. The molecule has 0 aliphatic rings. The lowest BCUT2D eigenvalue weighted by molar-refractivity contribution is -0.121. The molecule has 1 amide bonds. The number of carbonyl (C=O) groups excluding carboxylic acids is 1. The summed E-state index contributed by atoms with van der Waals surface area (Å²) in [5, 5.41) is 2.95. The van der Waals surface area contributed by atoms with Crippen LogP contribution < -0.4 is 14.8 Å². The maximum atomic E-state index is 11.9. The van der Waals surface area contributed by atoms with E-state index in [9.17, 15) is 4.79 Å². The van der Waals surface area contributed by atoms with Crippen LogP contribution in [-0.2, 0) is 17.8 Å². The van der Waals surface area contributed by atoms with Gasteiger partial charge in [-0.2, -0.15) is 0 Å². The van der Waals surface area contributed by atoms with Gasteiger partial charge in [0, 0.05) is 13.0 Å². The van der Waals surface area contributed by atoms with Gasteiger partial charge < -0.3 is 14.8 Å². The Labute approximate surface area is 143 Å². The van der Waals surface area contributed by atoms with E-state index in [2.05, 4.69) is 17.4 Å². The summed E-state index contributed by atoms with van der Waals surface area (Å²) in [6.45, 7) is 0.557. The van der Waals surface area contributed by atoms with Gasteiger partial charge in [0.2, 0.25) is 5.91 Å². The van der Waals surface area contributed by atoms with Crippen molar-refractivity contribution in [1.82, 2.24) is 5.32 Å². The highest BCUT2D eigenvalue weighted by molar-refractivity contribution is 5.75. The molecule has 2 aromatic carbocycles. The van der Waals surface area contributed by atoms with Crippen LogP contribution in [0.1, 0.15) is 30.4 Å². The van der Waals surface area contributed by atoms with E-state index in [1.54, 1.807) is 14.2 Å². The minimum absolute atomic E-state index is 0.0977. The van der Waals surface area contributed by atoms with Crippen molar-refractivity contribution in [2.75, 3.05) is 14.2 Å². The van der Waals surface area contributed by atoms with Crippen LogP contribution in [0, 0.1) is 0 Å². The zero-order valence-corrected chi connectivity index (χ0v) is 14.4. The van der Waals surface area contributed by atoms with Crippen LogP contribution in [0.4, 0.5) is 0 Å². The van der Waals surface area contributed by atoms with Gasteiger partial charge in [0.15, 0.2) is 0 Å². The van der Waals surface area contributed by atoms with E-state index in [1.165, 1.54) is 5.56 Å². The first kappa shape index (κ1) is 17.9. The Hall–Kier alpha value is -2.49. The van der Waals surface area contributed by atoms with Crippen molar-refractivity contribution in [3.8, 4) is 11.5 Å². The molecule has 0 spiro atoms. The molecule has 4 nitrogen and oxygen atoms in total. The highest BCUT2D eigenvalue weighted by Crippen LogP contribution is 2.14. The lowest BCUT2D eigenvalue weighted by atomic mass is 10.1. The second-order valence-corrected chi connectivity index (χ2v) is 5.68. The third-order valence-corrected chi connectivity index (χ3v) is 3.93. The molecule has 0 aromatic heterocycles. The molecule has 0 aliphatic heterocycles. The third-order valence-electron chi connectivity index (χ3n) is 3.93. The number of ether oxygens (including phenoxy) is 2. The molecule has 0 atom stereocenters. The maximum Gasteiger partial charge on any atom is 0.220 e. The van der Waals surface area contributed by atoms with Crippen molar-refractivity contribution in [3.63, 3.8) is 0 Å². The van der Waals surface area contributed by atoms with E-state index >= 15 is 0 Å². The lowest BCUT2D eigenvalue weighted by Gasteiger charge is -2.07. The lowest BCUT2D eigenvalue weighted by Crippen LogP contribution is -2.22. The van der Waals surface area contributed by atoms with E-state index in [0.717, 1.165) is 36.3 Å². The topological polar surface area (TPSA) is 47.6 Å². The van der Waals surface area contributed by atoms with Gasteiger partial charge in [-0.05, 0) is 54.7 Å². The second kappa shape index (κ2) is 9.60. The summed E-state index contributed by atoms with van der Waals surface area (Å²) >= 11 is 0. The van der Waals surface area contributed by atoms with E-state index in [-0.39, 0.29) is 5.91 Å². The number of hydrogen-bond donors (Lipinski definition) is 1. The molecule has 0 saturated heterocycles. The van der Waals surface area contributed by atoms with Gasteiger partial charge in [0.1, 0.15) is 11.5 Å². The normalized spacial score (nSPS) is 10.2. The van der Waals surface area contributed by atoms with Gasteiger partial charge in [-0.1, -0.05) is 24.3 Å². The first-order chi connectivity index (χ1) is 11.7. The number of carbonyl (C=O) groups is 1. The summed E-state index contributed by atoms with van der Waals surface area (Å²) in [6.07, 6.45) is 3.44. The monoisotopic (exact) mass is 327 g/mol. The summed E-state index contributed by atoms with van der Waals surface area (Å²) in [5.41, 5.74) is 2.34. The molecule has 128 valence electrons. The Morgan fingerprint density at radius 1 is 0.833 bits per heavy atom. The zero-order valence-electron chi connectivity index (χ0n) is 14.4. The number of rotatable bonds is 9. The van der Waals surface area contributed by atoms with Gasteiger partial charge in [-0.15, -0.1) is 0 Å². The molecule has 1 N–H and O–H groups in total. The summed E-state index contributed by atoms with van der Waals surface area (Å²) < 4.78 is 10.3. The zero-order chi connectivity index (χ0) is 17.2. The Balaban J connectivity index is 1.62. The number of methoxy groups -OCH3 is 2. The summed E-state index contributed by atoms with van der Waals surface area (Å²) in [6, 6.07) is 15.8. The Bertz CT molecular complexity index is 620. The van der Waals surface area contributed by atoms with Gasteiger partial charge >= 0.3 is 0 Å². The average molecular weight is 327 g/mol. The van der Waals surface area contributed by atoms with E-state index in [1.807, 2.05) is 36.4 Å². The molecule has 0 radical (unpaired) electrons. The Morgan fingerprint density at radius 2 is 1.38 bits per heavy atom. The standard InChI is InChI=1S/C20H25NO3/c1-23-18-11-7-16(8-12-18)5-3-4-6-20(22)21-15-17-9-13-19(24-2)14-10-17/h7-14H,3-6,15H2,1-2H3,(H,21,22). The van der Waals surface area contributed by atoms with Crippen LogP contribution in [0.3, 0.4) is 0 Å². The van der Waals surface area contributed by atoms with Gasteiger partial charge in [-0.25, -0.2) is 0 Å². The SMILES string of the molecule is COc1ccc(CCCCC(=O)NCc2ccc(OC)cc2)cc1. The van der Waals surface area contributed by atoms with Crippen molar-refractivity contribution in [2.45, 2.75) is 32.2 Å². The molecule has 0 bridgehead atoms. The molecule has 0 aliphatic carbocycles.